The highest BCUT2D eigenvalue weighted by molar-refractivity contribution is 6.32. The Morgan fingerprint density at radius 3 is 2.63 bits per heavy atom. The van der Waals surface area contributed by atoms with E-state index < -0.39 is 11.9 Å². The van der Waals surface area contributed by atoms with Crippen LogP contribution in [0.25, 0.3) is 0 Å². The zero-order chi connectivity index (χ0) is 14.6. The largest absolute Gasteiger partial charge is 0.381 e. The van der Waals surface area contributed by atoms with Crippen molar-refractivity contribution in [3.63, 3.8) is 0 Å². The summed E-state index contributed by atoms with van der Waals surface area (Å²) < 4.78 is 0. The van der Waals surface area contributed by atoms with Gasteiger partial charge in [0.25, 0.3) is 0 Å². The fourth-order valence-corrected chi connectivity index (χ4v) is 1.47. The van der Waals surface area contributed by atoms with Crippen LogP contribution in [0.3, 0.4) is 0 Å². The first-order valence-corrected chi connectivity index (χ1v) is 5.72. The number of rotatable bonds is 4. The second-order valence-electron chi connectivity index (χ2n) is 4.05. The Morgan fingerprint density at radius 2 is 2.16 bits per heavy atom. The molecule has 0 aliphatic carbocycles. The maximum Gasteiger partial charge on any atom is 0.245 e. The van der Waals surface area contributed by atoms with Crippen molar-refractivity contribution < 1.29 is 10.0 Å². The zero-order valence-electron chi connectivity index (χ0n) is 10.3. The van der Waals surface area contributed by atoms with Crippen molar-refractivity contribution in [2.75, 3.05) is 11.1 Å². The number of nitrogens with two attached hydrogens (primary N) is 1. The lowest BCUT2D eigenvalue weighted by Crippen LogP contribution is -2.42. The van der Waals surface area contributed by atoms with Gasteiger partial charge in [0, 0.05) is 0 Å². The van der Waals surface area contributed by atoms with E-state index in [9.17, 15) is 4.79 Å². The molecule has 1 aromatic rings. The summed E-state index contributed by atoms with van der Waals surface area (Å²) in [6, 6.07) is 0.882. The normalized spacial score (nSPS) is 12.0. The third kappa shape index (κ3) is 3.51. The molecule has 19 heavy (non-hydrogen) atoms. The molecule has 0 aliphatic heterocycles. The molecule has 9 heteroatoms. The predicted molar refractivity (Wildman–Crippen MR) is 68.3 cm³/mol. The van der Waals surface area contributed by atoms with Crippen LogP contribution in [-0.4, -0.2) is 27.1 Å². The molecular formula is C10H13ClN6O2. The van der Waals surface area contributed by atoms with E-state index in [0.717, 1.165) is 0 Å². The quantitative estimate of drug-likeness (QED) is 0.592. The molecule has 1 aromatic heterocycles. The maximum atomic E-state index is 11.8. The van der Waals surface area contributed by atoms with Crippen LogP contribution in [0.15, 0.2) is 0 Å². The van der Waals surface area contributed by atoms with E-state index in [1.165, 1.54) is 0 Å². The molecule has 0 radical (unpaired) electrons. The predicted octanol–water partition coefficient (Wildman–Crippen LogP) is 0.526. The van der Waals surface area contributed by atoms with Gasteiger partial charge in [-0.05, 0) is 5.92 Å². The SMILES string of the molecule is CC(C)[C@H](NO)C(=O)Nc1nc(N)c(C#N)nc1Cl. The van der Waals surface area contributed by atoms with Crippen LogP contribution in [-0.2, 0) is 4.79 Å². The van der Waals surface area contributed by atoms with Gasteiger partial charge in [-0.2, -0.15) is 10.7 Å². The summed E-state index contributed by atoms with van der Waals surface area (Å²) in [7, 11) is 0. The molecule has 1 atom stereocenters. The number of aromatic nitrogens is 2. The Morgan fingerprint density at radius 1 is 1.53 bits per heavy atom. The fraction of sp³-hybridized carbons (Fsp3) is 0.400. The van der Waals surface area contributed by atoms with Crippen molar-refractivity contribution in [3.05, 3.63) is 10.8 Å². The highest BCUT2D eigenvalue weighted by Gasteiger charge is 2.23. The number of carbonyl (C=O) groups is 1. The highest BCUT2D eigenvalue weighted by atomic mass is 35.5. The molecule has 102 valence electrons. The first kappa shape index (κ1) is 15.1. The second-order valence-corrected chi connectivity index (χ2v) is 4.41. The number of hydrogen-bond acceptors (Lipinski definition) is 7. The molecule has 0 spiro atoms. The first-order valence-electron chi connectivity index (χ1n) is 5.34. The lowest BCUT2D eigenvalue weighted by molar-refractivity contribution is -0.121. The van der Waals surface area contributed by atoms with Crippen LogP contribution in [0.5, 0.6) is 0 Å². The fourth-order valence-electron chi connectivity index (χ4n) is 1.29. The van der Waals surface area contributed by atoms with E-state index in [0.29, 0.717) is 0 Å². The summed E-state index contributed by atoms with van der Waals surface area (Å²) in [5.41, 5.74) is 7.24. The van der Waals surface area contributed by atoms with Gasteiger partial charge in [0.05, 0.1) is 0 Å². The first-order chi connectivity index (χ1) is 8.90. The number of nitriles is 1. The molecule has 8 nitrogen and oxygen atoms in total. The lowest BCUT2D eigenvalue weighted by Gasteiger charge is -2.18. The number of amides is 1. The molecule has 0 saturated heterocycles. The number of halogens is 1. The molecule has 0 bridgehead atoms. The van der Waals surface area contributed by atoms with E-state index in [-0.39, 0.29) is 28.4 Å². The maximum absolute atomic E-state index is 11.8. The number of anilines is 2. The minimum Gasteiger partial charge on any atom is -0.381 e. The van der Waals surface area contributed by atoms with E-state index in [2.05, 4.69) is 15.3 Å². The van der Waals surface area contributed by atoms with Gasteiger partial charge in [-0.25, -0.2) is 9.97 Å². The Hall–Kier alpha value is -1.95. The molecular weight excluding hydrogens is 272 g/mol. The van der Waals surface area contributed by atoms with Crippen molar-refractivity contribution >= 4 is 29.1 Å². The Kier molecular flexibility index (Phi) is 5.00. The third-order valence-corrected chi connectivity index (χ3v) is 2.58. The summed E-state index contributed by atoms with van der Waals surface area (Å²) in [6.45, 7) is 3.49. The molecule has 1 heterocycles. The van der Waals surface area contributed by atoms with E-state index in [1.54, 1.807) is 19.9 Å². The summed E-state index contributed by atoms with van der Waals surface area (Å²) >= 11 is 5.77. The van der Waals surface area contributed by atoms with Gasteiger partial charge < -0.3 is 16.3 Å². The van der Waals surface area contributed by atoms with E-state index in [1.807, 2.05) is 5.48 Å². The summed E-state index contributed by atoms with van der Waals surface area (Å²) in [6.07, 6.45) is 0. The van der Waals surface area contributed by atoms with Gasteiger partial charge in [0.2, 0.25) is 5.91 Å². The molecule has 0 unspecified atom stereocenters. The molecule has 1 amide bonds. The average molecular weight is 285 g/mol. The Bertz CT molecular complexity index is 527. The topological polar surface area (TPSA) is 137 Å². The van der Waals surface area contributed by atoms with Crippen LogP contribution in [0.1, 0.15) is 19.5 Å². The highest BCUT2D eigenvalue weighted by Crippen LogP contribution is 2.20. The molecule has 0 fully saturated rings. The standard InChI is InChI=1S/C10H13ClN6O2/c1-4(2)6(17-19)10(18)16-9-7(11)14-5(3-12)8(13)15-9/h4,6,17,19H,1-2H3,(H3,13,15,16,18)/t6-/m0/s1. The van der Waals surface area contributed by atoms with Crippen molar-refractivity contribution in [1.29, 1.82) is 5.26 Å². The summed E-state index contributed by atoms with van der Waals surface area (Å²) in [5.74, 6) is -0.908. The number of nitrogen functional groups attached to an aromatic ring is 1. The number of carbonyl (C=O) groups excluding carboxylic acids is 1. The molecule has 5 N–H and O–H groups in total. The van der Waals surface area contributed by atoms with Crippen molar-refractivity contribution in [2.45, 2.75) is 19.9 Å². The van der Waals surface area contributed by atoms with E-state index >= 15 is 0 Å². The van der Waals surface area contributed by atoms with Crippen molar-refractivity contribution in [2.24, 2.45) is 5.92 Å². The molecule has 1 rings (SSSR count). The second kappa shape index (κ2) is 6.29. The van der Waals surface area contributed by atoms with Crippen LogP contribution in [0, 0.1) is 17.2 Å². The van der Waals surface area contributed by atoms with Gasteiger partial charge in [0.1, 0.15) is 12.1 Å². The van der Waals surface area contributed by atoms with Gasteiger partial charge in [-0.15, -0.1) is 0 Å². The van der Waals surface area contributed by atoms with Gasteiger partial charge >= 0.3 is 0 Å². The number of nitrogens with one attached hydrogen (secondary N) is 2. The number of hydrogen-bond donors (Lipinski definition) is 4. The smallest absolute Gasteiger partial charge is 0.245 e. The van der Waals surface area contributed by atoms with Gasteiger partial charge in [-0.3, -0.25) is 4.79 Å². The molecule has 0 aromatic carbocycles. The van der Waals surface area contributed by atoms with Crippen LogP contribution < -0.4 is 16.5 Å². The average Bonchev–Trinajstić information content (AvgIpc) is 2.33. The number of nitrogens with zero attached hydrogens (tertiary/aromatic N) is 3. The number of hydroxylamine groups is 1. The minimum absolute atomic E-state index is 0.0657. The Balaban J connectivity index is 2.98. The van der Waals surface area contributed by atoms with E-state index in [4.69, 9.17) is 27.8 Å². The van der Waals surface area contributed by atoms with Crippen LogP contribution in [0.2, 0.25) is 5.15 Å². The van der Waals surface area contributed by atoms with Crippen LogP contribution >= 0.6 is 11.6 Å². The van der Waals surface area contributed by atoms with Gasteiger partial charge in [0.15, 0.2) is 22.5 Å². The Labute approximate surface area is 114 Å². The lowest BCUT2D eigenvalue weighted by atomic mass is 10.0. The molecule has 0 saturated carbocycles. The van der Waals surface area contributed by atoms with Crippen molar-refractivity contribution in [3.8, 4) is 6.07 Å². The zero-order valence-corrected chi connectivity index (χ0v) is 11.1. The van der Waals surface area contributed by atoms with Crippen molar-refractivity contribution in [1.82, 2.24) is 15.4 Å². The summed E-state index contributed by atoms with van der Waals surface area (Å²) in [4.78, 5) is 19.3. The molecule has 0 aliphatic rings. The van der Waals surface area contributed by atoms with Gasteiger partial charge in [-0.1, -0.05) is 25.4 Å². The van der Waals surface area contributed by atoms with Crippen LogP contribution in [0.4, 0.5) is 11.6 Å². The summed E-state index contributed by atoms with van der Waals surface area (Å²) in [5, 5.41) is 19.8. The third-order valence-electron chi connectivity index (χ3n) is 2.32. The minimum atomic E-state index is -0.838. The monoisotopic (exact) mass is 284 g/mol.